The van der Waals surface area contributed by atoms with Gasteiger partial charge in [0.2, 0.25) is 0 Å². The standard InChI is InChI=1S/C25H21F3N6O/c1-15-5-4-6-19(35-3)21(15)22-29-11-18-12-30-34(24(18)32-22)13-16-7-9-17(10-8-16)23-31-20(14-33(23)2)25(26,27)28/h4-12,14H,13H2,1-3H3. The number of alkyl halides is 3. The first-order valence-corrected chi connectivity index (χ1v) is 10.8. The van der Waals surface area contributed by atoms with Crippen LogP contribution in [0.4, 0.5) is 13.2 Å². The van der Waals surface area contributed by atoms with Crippen LogP contribution in [0.3, 0.4) is 0 Å². The van der Waals surface area contributed by atoms with E-state index in [4.69, 9.17) is 9.72 Å². The molecule has 0 radical (unpaired) electrons. The van der Waals surface area contributed by atoms with E-state index in [0.29, 0.717) is 29.3 Å². The Balaban J connectivity index is 1.45. The number of rotatable bonds is 5. The Kier molecular flexibility index (Phi) is 5.50. The predicted molar refractivity (Wildman–Crippen MR) is 125 cm³/mol. The number of benzene rings is 2. The molecule has 3 aromatic heterocycles. The van der Waals surface area contributed by atoms with Crippen molar-refractivity contribution in [1.82, 2.24) is 29.3 Å². The Hall–Kier alpha value is -4.21. The lowest BCUT2D eigenvalue weighted by Gasteiger charge is -2.11. The third-order valence-electron chi connectivity index (χ3n) is 5.77. The molecule has 7 nitrogen and oxygen atoms in total. The smallest absolute Gasteiger partial charge is 0.434 e. The van der Waals surface area contributed by atoms with E-state index < -0.39 is 11.9 Å². The number of aryl methyl sites for hydroxylation is 2. The van der Waals surface area contributed by atoms with Crippen LogP contribution in [0, 0.1) is 6.92 Å². The zero-order valence-electron chi connectivity index (χ0n) is 19.2. The van der Waals surface area contributed by atoms with Gasteiger partial charge < -0.3 is 9.30 Å². The summed E-state index contributed by atoms with van der Waals surface area (Å²) in [6, 6.07) is 13.0. The molecule has 0 atom stereocenters. The molecule has 0 amide bonds. The molecule has 0 aliphatic heterocycles. The second-order valence-corrected chi connectivity index (χ2v) is 8.18. The van der Waals surface area contributed by atoms with E-state index in [0.717, 1.165) is 28.3 Å². The lowest BCUT2D eigenvalue weighted by Crippen LogP contribution is -2.05. The molecule has 2 aromatic carbocycles. The van der Waals surface area contributed by atoms with Gasteiger partial charge in [-0.25, -0.2) is 19.6 Å². The molecule has 10 heteroatoms. The van der Waals surface area contributed by atoms with E-state index >= 15 is 0 Å². The third-order valence-corrected chi connectivity index (χ3v) is 5.77. The molecule has 0 saturated carbocycles. The molecule has 0 fully saturated rings. The summed E-state index contributed by atoms with van der Waals surface area (Å²) in [5, 5.41) is 5.25. The quantitative estimate of drug-likeness (QED) is 0.344. The van der Waals surface area contributed by atoms with Crippen molar-refractivity contribution in [3.8, 4) is 28.5 Å². The Morgan fingerprint density at radius 1 is 1.00 bits per heavy atom. The van der Waals surface area contributed by atoms with Crippen LogP contribution in [0.25, 0.3) is 33.8 Å². The molecule has 5 rings (SSSR count). The molecule has 0 aliphatic carbocycles. The summed E-state index contributed by atoms with van der Waals surface area (Å²) >= 11 is 0. The van der Waals surface area contributed by atoms with E-state index in [9.17, 15) is 13.2 Å². The van der Waals surface area contributed by atoms with Crippen molar-refractivity contribution in [3.63, 3.8) is 0 Å². The molecule has 0 unspecified atom stereocenters. The number of methoxy groups -OCH3 is 1. The fraction of sp³-hybridized carbons (Fsp3) is 0.200. The van der Waals surface area contributed by atoms with Gasteiger partial charge in [-0.3, -0.25) is 0 Å². The predicted octanol–water partition coefficient (Wildman–Crippen LogP) is 5.28. The highest BCUT2D eigenvalue weighted by molar-refractivity contribution is 5.78. The van der Waals surface area contributed by atoms with Gasteiger partial charge in [0, 0.05) is 25.0 Å². The summed E-state index contributed by atoms with van der Waals surface area (Å²) in [4.78, 5) is 13.0. The van der Waals surface area contributed by atoms with Crippen LogP contribution in [0.1, 0.15) is 16.8 Å². The van der Waals surface area contributed by atoms with Gasteiger partial charge in [0.1, 0.15) is 11.6 Å². The molecular weight excluding hydrogens is 457 g/mol. The Morgan fingerprint density at radius 2 is 1.77 bits per heavy atom. The summed E-state index contributed by atoms with van der Waals surface area (Å²) in [5.74, 6) is 1.48. The molecule has 35 heavy (non-hydrogen) atoms. The van der Waals surface area contributed by atoms with Gasteiger partial charge in [-0.05, 0) is 24.1 Å². The van der Waals surface area contributed by atoms with Crippen molar-refractivity contribution in [2.24, 2.45) is 7.05 Å². The van der Waals surface area contributed by atoms with Crippen LogP contribution in [0.15, 0.2) is 61.1 Å². The van der Waals surface area contributed by atoms with Crippen LogP contribution in [-0.2, 0) is 19.8 Å². The number of fused-ring (bicyclic) bond motifs is 1. The third kappa shape index (κ3) is 4.23. The number of hydrogen-bond acceptors (Lipinski definition) is 5. The van der Waals surface area contributed by atoms with Crippen LogP contribution in [0.5, 0.6) is 5.75 Å². The van der Waals surface area contributed by atoms with Gasteiger partial charge in [-0.1, -0.05) is 36.4 Å². The zero-order valence-corrected chi connectivity index (χ0v) is 19.2. The van der Waals surface area contributed by atoms with Gasteiger partial charge in [-0.15, -0.1) is 0 Å². The molecule has 0 N–H and O–H groups in total. The van der Waals surface area contributed by atoms with E-state index in [2.05, 4.69) is 15.1 Å². The summed E-state index contributed by atoms with van der Waals surface area (Å²) in [6.07, 6.45) is -0.0649. The fourth-order valence-corrected chi connectivity index (χ4v) is 4.00. The molecule has 0 bridgehead atoms. The molecule has 0 spiro atoms. The highest BCUT2D eigenvalue weighted by Gasteiger charge is 2.34. The molecule has 0 saturated heterocycles. The minimum atomic E-state index is -4.49. The van der Waals surface area contributed by atoms with Crippen molar-refractivity contribution in [3.05, 3.63) is 77.9 Å². The maximum absolute atomic E-state index is 13.0. The highest BCUT2D eigenvalue weighted by atomic mass is 19.4. The molecule has 3 heterocycles. The summed E-state index contributed by atoms with van der Waals surface area (Å²) in [6.45, 7) is 2.41. The molecular formula is C25H21F3N6O. The molecule has 178 valence electrons. The van der Waals surface area contributed by atoms with Crippen molar-refractivity contribution >= 4 is 11.0 Å². The number of ether oxygens (including phenoxy) is 1. The monoisotopic (exact) mass is 478 g/mol. The van der Waals surface area contributed by atoms with E-state index in [-0.39, 0.29) is 5.82 Å². The number of hydrogen-bond donors (Lipinski definition) is 0. The van der Waals surface area contributed by atoms with Gasteiger partial charge in [0.15, 0.2) is 17.2 Å². The van der Waals surface area contributed by atoms with E-state index in [1.807, 2.05) is 37.3 Å². The number of aromatic nitrogens is 6. The lowest BCUT2D eigenvalue weighted by atomic mass is 10.1. The SMILES string of the molecule is COc1cccc(C)c1-c1ncc2cnn(Cc3ccc(-c4nc(C(F)(F)F)cn4C)cc3)c2n1. The van der Waals surface area contributed by atoms with Crippen LogP contribution >= 0.6 is 0 Å². The molecule has 0 aliphatic rings. The Labute approximate surface area is 198 Å². The van der Waals surface area contributed by atoms with Crippen LogP contribution in [0.2, 0.25) is 0 Å². The minimum Gasteiger partial charge on any atom is -0.496 e. The second kappa shape index (κ2) is 8.53. The number of imidazole rings is 1. The Bertz CT molecular complexity index is 1520. The number of nitrogens with zero attached hydrogens (tertiary/aromatic N) is 6. The second-order valence-electron chi connectivity index (χ2n) is 8.18. The van der Waals surface area contributed by atoms with Crippen molar-refractivity contribution < 1.29 is 17.9 Å². The summed E-state index contributed by atoms with van der Waals surface area (Å²) < 4.78 is 47.6. The van der Waals surface area contributed by atoms with Crippen molar-refractivity contribution in [1.29, 1.82) is 0 Å². The first-order valence-electron chi connectivity index (χ1n) is 10.8. The zero-order chi connectivity index (χ0) is 24.7. The maximum Gasteiger partial charge on any atom is 0.434 e. The van der Waals surface area contributed by atoms with Gasteiger partial charge in [-0.2, -0.15) is 18.3 Å². The first-order chi connectivity index (χ1) is 16.7. The number of halogens is 3. The summed E-state index contributed by atoms with van der Waals surface area (Å²) in [7, 11) is 3.15. The van der Waals surface area contributed by atoms with Gasteiger partial charge in [0.05, 0.1) is 30.8 Å². The van der Waals surface area contributed by atoms with Gasteiger partial charge >= 0.3 is 6.18 Å². The largest absolute Gasteiger partial charge is 0.496 e. The average Bonchev–Trinajstić information content (AvgIpc) is 3.42. The highest BCUT2D eigenvalue weighted by Crippen LogP contribution is 2.32. The van der Waals surface area contributed by atoms with E-state index in [1.54, 1.807) is 43.4 Å². The van der Waals surface area contributed by atoms with Crippen LogP contribution in [-0.4, -0.2) is 36.4 Å². The van der Waals surface area contributed by atoms with E-state index in [1.165, 1.54) is 4.57 Å². The average molecular weight is 478 g/mol. The first kappa shape index (κ1) is 22.6. The van der Waals surface area contributed by atoms with Crippen LogP contribution < -0.4 is 4.74 Å². The lowest BCUT2D eigenvalue weighted by molar-refractivity contribution is -0.140. The summed E-state index contributed by atoms with van der Waals surface area (Å²) in [5.41, 5.74) is 3.08. The Morgan fingerprint density at radius 3 is 2.46 bits per heavy atom. The normalized spacial score (nSPS) is 11.8. The fourth-order valence-electron chi connectivity index (χ4n) is 4.00. The maximum atomic E-state index is 13.0. The van der Waals surface area contributed by atoms with Gasteiger partial charge in [0.25, 0.3) is 0 Å². The topological polar surface area (TPSA) is 70.7 Å². The van der Waals surface area contributed by atoms with Crippen molar-refractivity contribution in [2.45, 2.75) is 19.6 Å². The molecule has 5 aromatic rings. The minimum absolute atomic E-state index is 0.248. The van der Waals surface area contributed by atoms with Crippen molar-refractivity contribution in [2.75, 3.05) is 7.11 Å².